The van der Waals surface area contributed by atoms with Crippen molar-refractivity contribution in [3.05, 3.63) is 29.1 Å². The fraction of sp³-hybridized carbons (Fsp3) is 0.222. The lowest BCUT2D eigenvalue weighted by Crippen LogP contribution is -1.94. The van der Waals surface area contributed by atoms with Gasteiger partial charge in [0.2, 0.25) is 0 Å². The molecule has 0 aliphatic carbocycles. The monoisotopic (exact) mass is 197 g/mol. The lowest BCUT2D eigenvalue weighted by Gasteiger charge is -2.03. The maximum Gasteiger partial charge on any atom is 0.170 e. The number of halogens is 1. The molecule has 0 bridgehead atoms. The summed E-state index contributed by atoms with van der Waals surface area (Å²) in [5.41, 5.74) is 1.79. The number of aliphatic hydroxyl groups is 1. The predicted molar refractivity (Wildman–Crippen MR) is 49.7 cm³/mol. The minimum absolute atomic E-state index is 0.478. The van der Waals surface area contributed by atoms with E-state index in [1.807, 2.05) is 0 Å². The molecule has 4 heteroatoms. The molecule has 0 aliphatic heterocycles. The Morgan fingerprint density at radius 2 is 2.38 bits per heavy atom. The molecule has 3 nitrogen and oxygen atoms in total. The summed E-state index contributed by atoms with van der Waals surface area (Å²) in [6.07, 6.45) is 0.909. The van der Waals surface area contributed by atoms with E-state index in [2.05, 4.69) is 4.98 Å². The van der Waals surface area contributed by atoms with Crippen LogP contribution in [0.4, 0.5) is 0 Å². The second kappa shape index (κ2) is 3.01. The fourth-order valence-electron chi connectivity index (χ4n) is 1.15. The number of hydrogen-bond acceptors (Lipinski definition) is 3. The summed E-state index contributed by atoms with van der Waals surface area (Å²) in [5, 5.41) is 9.77. The van der Waals surface area contributed by atoms with Gasteiger partial charge < -0.3 is 9.52 Å². The molecule has 0 radical (unpaired) electrons. The van der Waals surface area contributed by atoms with Gasteiger partial charge in [-0.1, -0.05) is 11.6 Å². The largest absolute Gasteiger partial charge is 0.461 e. The lowest BCUT2D eigenvalue weighted by molar-refractivity contribution is 0.195. The van der Waals surface area contributed by atoms with Crippen LogP contribution in [0.3, 0.4) is 0 Å². The van der Waals surface area contributed by atoms with E-state index < -0.39 is 6.10 Å². The van der Waals surface area contributed by atoms with Crippen LogP contribution >= 0.6 is 11.6 Å². The van der Waals surface area contributed by atoms with E-state index in [1.54, 1.807) is 19.1 Å². The summed E-state index contributed by atoms with van der Waals surface area (Å²) in [6.45, 7) is 1.64. The molecular formula is C9H8ClNO2. The van der Waals surface area contributed by atoms with Crippen LogP contribution in [0, 0.1) is 0 Å². The van der Waals surface area contributed by atoms with E-state index in [4.69, 9.17) is 16.0 Å². The van der Waals surface area contributed by atoms with E-state index in [9.17, 15) is 5.11 Å². The standard InChI is InChI=1S/C9H8ClNO2/c1-5(12)8-4-6(10)9-7(11-8)2-3-13-9/h2-5,12H,1H3. The molecule has 2 aromatic heterocycles. The third-order valence-electron chi connectivity index (χ3n) is 1.81. The van der Waals surface area contributed by atoms with Gasteiger partial charge in [-0.25, -0.2) is 4.98 Å². The number of hydrogen-bond donors (Lipinski definition) is 1. The number of aliphatic hydroxyl groups excluding tert-OH is 1. The highest BCUT2D eigenvalue weighted by Crippen LogP contribution is 2.25. The first-order valence-corrected chi connectivity index (χ1v) is 4.28. The Hall–Kier alpha value is -1.06. The van der Waals surface area contributed by atoms with Gasteiger partial charge in [0, 0.05) is 6.07 Å². The van der Waals surface area contributed by atoms with Crippen molar-refractivity contribution in [1.82, 2.24) is 4.98 Å². The van der Waals surface area contributed by atoms with Crippen molar-refractivity contribution in [2.75, 3.05) is 0 Å². The summed E-state index contributed by atoms with van der Waals surface area (Å²) >= 11 is 5.90. The van der Waals surface area contributed by atoms with Crippen molar-refractivity contribution in [1.29, 1.82) is 0 Å². The van der Waals surface area contributed by atoms with Gasteiger partial charge in [0.1, 0.15) is 5.52 Å². The lowest BCUT2D eigenvalue weighted by atomic mass is 10.2. The second-order valence-electron chi connectivity index (χ2n) is 2.84. The molecule has 1 atom stereocenters. The number of pyridine rings is 1. The van der Waals surface area contributed by atoms with Crippen LogP contribution in [-0.2, 0) is 0 Å². The molecule has 0 aliphatic rings. The molecule has 2 aromatic rings. The van der Waals surface area contributed by atoms with E-state index in [-0.39, 0.29) is 0 Å². The molecule has 2 rings (SSSR count). The molecule has 0 spiro atoms. The van der Waals surface area contributed by atoms with Gasteiger partial charge in [0.05, 0.1) is 23.1 Å². The second-order valence-corrected chi connectivity index (χ2v) is 3.25. The molecule has 0 fully saturated rings. The summed E-state index contributed by atoms with van der Waals surface area (Å²) in [6, 6.07) is 3.32. The number of nitrogens with zero attached hydrogens (tertiary/aromatic N) is 1. The molecule has 0 amide bonds. The van der Waals surface area contributed by atoms with Crippen LogP contribution in [0.5, 0.6) is 0 Å². The summed E-state index contributed by atoms with van der Waals surface area (Å²) in [5.74, 6) is 0. The first-order chi connectivity index (χ1) is 6.18. The molecule has 13 heavy (non-hydrogen) atoms. The van der Waals surface area contributed by atoms with Gasteiger partial charge in [0.25, 0.3) is 0 Å². The molecule has 1 N–H and O–H groups in total. The van der Waals surface area contributed by atoms with Crippen LogP contribution in [0.1, 0.15) is 18.7 Å². The first-order valence-electron chi connectivity index (χ1n) is 3.90. The van der Waals surface area contributed by atoms with Crippen LogP contribution < -0.4 is 0 Å². The van der Waals surface area contributed by atoms with E-state index in [1.165, 1.54) is 6.26 Å². The highest BCUT2D eigenvalue weighted by Gasteiger charge is 2.09. The summed E-state index contributed by atoms with van der Waals surface area (Å²) in [7, 11) is 0. The third kappa shape index (κ3) is 1.41. The van der Waals surface area contributed by atoms with E-state index in [0.29, 0.717) is 21.8 Å². The van der Waals surface area contributed by atoms with Crippen molar-refractivity contribution in [2.24, 2.45) is 0 Å². The Balaban J connectivity index is 2.70. The topological polar surface area (TPSA) is 46.3 Å². The Morgan fingerprint density at radius 3 is 3.08 bits per heavy atom. The molecule has 0 aromatic carbocycles. The fourth-order valence-corrected chi connectivity index (χ4v) is 1.40. The minimum Gasteiger partial charge on any atom is -0.461 e. The van der Waals surface area contributed by atoms with Gasteiger partial charge in [-0.3, -0.25) is 0 Å². The van der Waals surface area contributed by atoms with Crippen molar-refractivity contribution in [2.45, 2.75) is 13.0 Å². The van der Waals surface area contributed by atoms with Gasteiger partial charge in [-0.05, 0) is 13.0 Å². The SMILES string of the molecule is CC(O)c1cc(Cl)c2occc2n1. The zero-order valence-electron chi connectivity index (χ0n) is 6.99. The number of rotatable bonds is 1. The zero-order chi connectivity index (χ0) is 9.42. The van der Waals surface area contributed by atoms with Gasteiger partial charge in [0.15, 0.2) is 5.58 Å². The predicted octanol–water partition coefficient (Wildman–Crippen LogP) is 2.53. The van der Waals surface area contributed by atoms with Crippen molar-refractivity contribution < 1.29 is 9.52 Å². The molecule has 0 saturated heterocycles. The minimum atomic E-state index is -0.614. The quantitative estimate of drug-likeness (QED) is 0.764. The Morgan fingerprint density at radius 1 is 1.62 bits per heavy atom. The Kier molecular flexibility index (Phi) is 1.98. The Labute approximate surface area is 80.0 Å². The first kappa shape index (κ1) is 8.53. The normalized spacial score (nSPS) is 13.5. The highest BCUT2D eigenvalue weighted by molar-refractivity contribution is 6.34. The van der Waals surface area contributed by atoms with Crippen molar-refractivity contribution >= 4 is 22.7 Å². The molecule has 2 heterocycles. The van der Waals surface area contributed by atoms with Crippen LogP contribution in [-0.4, -0.2) is 10.1 Å². The summed E-state index contributed by atoms with van der Waals surface area (Å²) in [4.78, 5) is 4.17. The average Bonchev–Trinajstić information content (AvgIpc) is 2.51. The van der Waals surface area contributed by atoms with Crippen molar-refractivity contribution in [3.63, 3.8) is 0 Å². The van der Waals surface area contributed by atoms with Gasteiger partial charge in [-0.15, -0.1) is 0 Å². The van der Waals surface area contributed by atoms with Gasteiger partial charge in [-0.2, -0.15) is 0 Å². The number of aromatic nitrogens is 1. The number of furan rings is 1. The molecular weight excluding hydrogens is 190 g/mol. The van der Waals surface area contributed by atoms with Gasteiger partial charge >= 0.3 is 0 Å². The summed E-state index contributed by atoms with van der Waals surface area (Å²) < 4.78 is 5.11. The average molecular weight is 198 g/mol. The van der Waals surface area contributed by atoms with E-state index in [0.717, 1.165) is 0 Å². The van der Waals surface area contributed by atoms with Crippen LogP contribution in [0.15, 0.2) is 22.8 Å². The van der Waals surface area contributed by atoms with Crippen molar-refractivity contribution in [3.8, 4) is 0 Å². The molecule has 1 unspecified atom stereocenters. The highest BCUT2D eigenvalue weighted by atomic mass is 35.5. The zero-order valence-corrected chi connectivity index (χ0v) is 7.75. The number of fused-ring (bicyclic) bond motifs is 1. The maximum atomic E-state index is 9.29. The molecule has 0 saturated carbocycles. The van der Waals surface area contributed by atoms with E-state index >= 15 is 0 Å². The van der Waals surface area contributed by atoms with Crippen LogP contribution in [0.25, 0.3) is 11.1 Å². The van der Waals surface area contributed by atoms with Crippen LogP contribution in [0.2, 0.25) is 5.02 Å². The third-order valence-corrected chi connectivity index (χ3v) is 2.09. The Bertz CT molecular complexity index is 436. The molecule has 68 valence electrons. The maximum absolute atomic E-state index is 9.29. The smallest absolute Gasteiger partial charge is 0.170 e.